The Labute approximate surface area is 101 Å². The first-order chi connectivity index (χ1) is 8.16. The monoisotopic (exact) mass is 228 g/mol. The smallest absolute Gasteiger partial charge is 0.303 e. The van der Waals surface area contributed by atoms with Crippen LogP contribution in [0.3, 0.4) is 0 Å². The van der Waals surface area contributed by atoms with Gasteiger partial charge in [0, 0.05) is 6.42 Å². The van der Waals surface area contributed by atoms with Crippen LogP contribution in [0.2, 0.25) is 0 Å². The minimum Gasteiger partial charge on any atom is -0.481 e. The molecule has 0 saturated heterocycles. The third-order valence-corrected chi connectivity index (χ3v) is 3.04. The van der Waals surface area contributed by atoms with Gasteiger partial charge in [0.1, 0.15) is 0 Å². The number of carboxylic acids is 1. The van der Waals surface area contributed by atoms with Gasteiger partial charge in [0.2, 0.25) is 0 Å². The molecule has 2 rings (SSSR count). The van der Waals surface area contributed by atoms with Crippen LogP contribution in [-0.4, -0.2) is 11.1 Å². The molecule has 0 saturated carbocycles. The largest absolute Gasteiger partial charge is 0.481 e. The van der Waals surface area contributed by atoms with Crippen LogP contribution in [0.5, 0.6) is 0 Å². The van der Waals surface area contributed by atoms with E-state index in [9.17, 15) is 4.79 Å². The Morgan fingerprint density at radius 1 is 1.18 bits per heavy atom. The average Bonchev–Trinajstić information content (AvgIpc) is 2.29. The number of aliphatic carboxylic acids is 1. The Kier molecular flexibility index (Phi) is 3.43. The van der Waals surface area contributed by atoms with E-state index < -0.39 is 5.97 Å². The molecule has 0 aliphatic heterocycles. The minimum absolute atomic E-state index is 0.242. The molecule has 0 radical (unpaired) electrons. The van der Waals surface area contributed by atoms with Crippen molar-refractivity contribution in [2.45, 2.75) is 26.2 Å². The van der Waals surface area contributed by atoms with E-state index in [0.717, 1.165) is 6.42 Å². The van der Waals surface area contributed by atoms with Gasteiger partial charge in [-0.05, 0) is 41.7 Å². The molecule has 2 aromatic rings. The summed E-state index contributed by atoms with van der Waals surface area (Å²) >= 11 is 0. The number of carboxylic acid groups (broad SMARTS) is 1. The lowest BCUT2D eigenvalue weighted by atomic mass is 9.98. The van der Waals surface area contributed by atoms with Gasteiger partial charge in [0.15, 0.2) is 0 Å². The maximum Gasteiger partial charge on any atom is 0.303 e. The van der Waals surface area contributed by atoms with Crippen LogP contribution in [0.25, 0.3) is 10.8 Å². The molecule has 0 atom stereocenters. The van der Waals surface area contributed by atoms with Gasteiger partial charge in [-0.25, -0.2) is 0 Å². The molecule has 88 valence electrons. The first kappa shape index (κ1) is 11.6. The van der Waals surface area contributed by atoms with Crippen molar-refractivity contribution in [2.75, 3.05) is 0 Å². The molecule has 17 heavy (non-hydrogen) atoms. The van der Waals surface area contributed by atoms with E-state index in [4.69, 9.17) is 5.11 Å². The zero-order valence-corrected chi connectivity index (χ0v) is 9.94. The molecule has 0 bridgehead atoms. The maximum absolute atomic E-state index is 10.5. The van der Waals surface area contributed by atoms with Crippen LogP contribution in [0.1, 0.15) is 24.0 Å². The van der Waals surface area contributed by atoms with E-state index in [0.29, 0.717) is 6.42 Å². The summed E-state index contributed by atoms with van der Waals surface area (Å²) in [6, 6.07) is 12.6. The highest BCUT2D eigenvalue weighted by atomic mass is 16.4. The number of hydrogen-bond acceptors (Lipinski definition) is 1. The lowest BCUT2D eigenvalue weighted by Crippen LogP contribution is -1.97. The fourth-order valence-corrected chi connectivity index (χ4v) is 2.10. The van der Waals surface area contributed by atoms with Crippen molar-refractivity contribution in [2.24, 2.45) is 0 Å². The van der Waals surface area contributed by atoms with Crippen molar-refractivity contribution in [1.82, 2.24) is 0 Å². The Morgan fingerprint density at radius 3 is 2.47 bits per heavy atom. The molecule has 2 heteroatoms. The van der Waals surface area contributed by atoms with Crippen LogP contribution in [0.15, 0.2) is 36.4 Å². The fourth-order valence-electron chi connectivity index (χ4n) is 2.10. The molecule has 0 heterocycles. The van der Waals surface area contributed by atoms with E-state index >= 15 is 0 Å². The molecule has 0 fully saturated rings. The molecule has 0 unspecified atom stereocenters. The molecule has 0 aliphatic rings. The lowest BCUT2D eigenvalue weighted by molar-refractivity contribution is -0.137. The highest BCUT2D eigenvalue weighted by Gasteiger charge is 2.03. The molecule has 0 spiro atoms. The molecule has 0 aliphatic carbocycles. The lowest BCUT2D eigenvalue weighted by Gasteiger charge is -2.07. The highest BCUT2D eigenvalue weighted by molar-refractivity contribution is 5.84. The van der Waals surface area contributed by atoms with Gasteiger partial charge in [0.05, 0.1) is 0 Å². The summed E-state index contributed by atoms with van der Waals surface area (Å²) in [6.07, 6.45) is 1.78. The molecule has 2 nitrogen and oxygen atoms in total. The molecule has 1 N–H and O–H groups in total. The predicted octanol–water partition coefficient (Wildman–Crippen LogP) is 3.56. The summed E-state index contributed by atoms with van der Waals surface area (Å²) in [4.78, 5) is 10.5. The third kappa shape index (κ3) is 2.84. The molecule has 2 aromatic carbocycles. The first-order valence-corrected chi connectivity index (χ1v) is 5.87. The zero-order valence-electron chi connectivity index (χ0n) is 9.94. The van der Waals surface area contributed by atoms with E-state index in [2.05, 4.69) is 31.2 Å². The van der Waals surface area contributed by atoms with Crippen molar-refractivity contribution >= 4 is 16.7 Å². The van der Waals surface area contributed by atoms with Gasteiger partial charge in [-0.2, -0.15) is 0 Å². The number of benzene rings is 2. The topological polar surface area (TPSA) is 37.3 Å². The van der Waals surface area contributed by atoms with Gasteiger partial charge in [-0.3, -0.25) is 4.79 Å². The molecular formula is C15H16O2. The summed E-state index contributed by atoms with van der Waals surface area (Å²) < 4.78 is 0. The van der Waals surface area contributed by atoms with Gasteiger partial charge in [-0.1, -0.05) is 36.4 Å². The van der Waals surface area contributed by atoms with Crippen molar-refractivity contribution in [3.8, 4) is 0 Å². The van der Waals surface area contributed by atoms with Crippen molar-refractivity contribution < 1.29 is 9.90 Å². The van der Waals surface area contributed by atoms with E-state index in [1.807, 2.05) is 12.1 Å². The summed E-state index contributed by atoms with van der Waals surface area (Å²) in [6.45, 7) is 2.09. The Hall–Kier alpha value is -1.83. The summed E-state index contributed by atoms with van der Waals surface area (Å²) in [7, 11) is 0. The Bertz CT molecular complexity index is 544. The number of hydrogen-bond donors (Lipinski definition) is 1. The Morgan fingerprint density at radius 2 is 1.82 bits per heavy atom. The van der Waals surface area contributed by atoms with Gasteiger partial charge < -0.3 is 5.11 Å². The second-order valence-corrected chi connectivity index (χ2v) is 4.37. The van der Waals surface area contributed by atoms with Crippen molar-refractivity contribution in [3.63, 3.8) is 0 Å². The standard InChI is InChI=1S/C15H16O2/c1-11-9-13-5-2-3-6-14(13)10-12(11)7-4-8-15(16)17/h2-3,5-6,9-10H,4,7-8H2,1H3,(H,16,17). The summed E-state index contributed by atoms with van der Waals surface area (Å²) in [5.41, 5.74) is 2.50. The zero-order chi connectivity index (χ0) is 12.3. The number of carbonyl (C=O) groups is 1. The second-order valence-electron chi connectivity index (χ2n) is 4.37. The van der Waals surface area contributed by atoms with Gasteiger partial charge in [0.25, 0.3) is 0 Å². The molecule has 0 amide bonds. The predicted molar refractivity (Wildman–Crippen MR) is 69.3 cm³/mol. The first-order valence-electron chi connectivity index (χ1n) is 5.87. The van der Waals surface area contributed by atoms with Crippen LogP contribution in [0, 0.1) is 6.92 Å². The SMILES string of the molecule is Cc1cc2ccccc2cc1CCCC(=O)O. The molecular weight excluding hydrogens is 212 g/mol. The third-order valence-electron chi connectivity index (χ3n) is 3.04. The average molecular weight is 228 g/mol. The number of aryl methyl sites for hydroxylation is 2. The van der Waals surface area contributed by atoms with Crippen molar-refractivity contribution in [1.29, 1.82) is 0 Å². The van der Waals surface area contributed by atoms with Crippen LogP contribution >= 0.6 is 0 Å². The second kappa shape index (κ2) is 5.00. The van der Waals surface area contributed by atoms with E-state index in [-0.39, 0.29) is 6.42 Å². The van der Waals surface area contributed by atoms with Gasteiger partial charge >= 0.3 is 5.97 Å². The number of fused-ring (bicyclic) bond motifs is 1. The van der Waals surface area contributed by atoms with Crippen molar-refractivity contribution in [3.05, 3.63) is 47.5 Å². The summed E-state index contributed by atoms with van der Waals surface area (Å²) in [5.74, 6) is -0.719. The summed E-state index contributed by atoms with van der Waals surface area (Å²) in [5, 5.41) is 11.1. The number of rotatable bonds is 4. The van der Waals surface area contributed by atoms with Crippen LogP contribution in [-0.2, 0) is 11.2 Å². The fraction of sp³-hybridized carbons (Fsp3) is 0.267. The Balaban J connectivity index is 2.22. The molecule has 0 aromatic heterocycles. The van der Waals surface area contributed by atoms with Crippen LogP contribution < -0.4 is 0 Å². The van der Waals surface area contributed by atoms with E-state index in [1.54, 1.807) is 0 Å². The quantitative estimate of drug-likeness (QED) is 0.868. The van der Waals surface area contributed by atoms with E-state index in [1.165, 1.54) is 21.9 Å². The minimum atomic E-state index is -0.719. The van der Waals surface area contributed by atoms with Gasteiger partial charge in [-0.15, -0.1) is 0 Å². The normalized spacial score (nSPS) is 10.6. The highest BCUT2D eigenvalue weighted by Crippen LogP contribution is 2.20. The van der Waals surface area contributed by atoms with Crippen LogP contribution in [0.4, 0.5) is 0 Å². The maximum atomic E-state index is 10.5.